The molecular formula is C8H18BN2O. The van der Waals surface area contributed by atoms with Crippen LogP contribution in [0.2, 0.25) is 13.1 Å². The van der Waals surface area contributed by atoms with Crippen LogP contribution in [-0.4, -0.2) is 44.8 Å². The van der Waals surface area contributed by atoms with Crippen LogP contribution >= 0.6 is 0 Å². The van der Waals surface area contributed by atoms with Crippen molar-refractivity contribution in [3.8, 4) is 0 Å². The normalized spacial score (nSPS) is 9.58. The second-order valence-electron chi connectivity index (χ2n) is 2.81. The highest BCUT2D eigenvalue weighted by molar-refractivity contribution is 6.33. The first-order chi connectivity index (χ1) is 5.72. The third-order valence-electron chi connectivity index (χ3n) is 1.76. The van der Waals surface area contributed by atoms with Crippen LogP contribution in [0.25, 0.3) is 0 Å². The van der Waals surface area contributed by atoms with Gasteiger partial charge in [-0.2, -0.15) is 0 Å². The van der Waals surface area contributed by atoms with E-state index in [2.05, 4.69) is 12.6 Å². The van der Waals surface area contributed by atoms with E-state index in [4.69, 9.17) is 0 Å². The Balaban J connectivity index is 3.62. The molecular weight excluding hydrogens is 151 g/mol. The molecule has 0 saturated carbocycles. The molecule has 0 saturated heterocycles. The molecule has 3 nitrogen and oxygen atoms in total. The van der Waals surface area contributed by atoms with Gasteiger partial charge >= 0.3 is 0 Å². The van der Waals surface area contributed by atoms with Gasteiger partial charge in [-0.3, -0.25) is 4.79 Å². The molecule has 1 amide bonds. The number of nitrogens with one attached hydrogen (secondary N) is 1. The van der Waals surface area contributed by atoms with Gasteiger partial charge in [0.15, 0.2) is 0 Å². The zero-order valence-corrected chi connectivity index (χ0v) is 8.26. The van der Waals surface area contributed by atoms with E-state index < -0.39 is 0 Å². The summed E-state index contributed by atoms with van der Waals surface area (Å²) in [6.45, 7) is 6.14. The third-order valence-corrected chi connectivity index (χ3v) is 1.76. The minimum absolute atomic E-state index is 0.159. The van der Waals surface area contributed by atoms with Crippen molar-refractivity contribution in [2.75, 3.05) is 26.7 Å². The van der Waals surface area contributed by atoms with Crippen LogP contribution in [0.3, 0.4) is 0 Å². The van der Waals surface area contributed by atoms with Gasteiger partial charge in [0.2, 0.25) is 5.91 Å². The van der Waals surface area contributed by atoms with Crippen LogP contribution in [0.4, 0.5) is 0 Å². The molecule has 0 aliphatic carbocycles. The summed E-state index contributed by atoms with van der Waals surface area (Å²) in [7, 11) is 3.97. The maximum Gasteiger partial charge on any atom is 0.219 e. The summed E-state index contributed by atoms with van der Waals surface area (Å²) in [6, 6.07) is 0. The van der Waals surface area contributed by atoms with E-state index >= 15 is 0 Å². The summed E-state index contributed by atoms with van der Waals surface area (Å²) in [4.78, 5) is 12.9. The highest BCUT2D eigenvalue weighted by atomic mass is 16.2. The van der Waals surface area contributed by atoms with Crippen LogP contribution in [0.1, 0.15) is 6.92 Å². The minimum Gasteiger partial charge on any atom is -0.342 e. The molecule has 0 heterocycles. The first-order valence-electron chi connectivity index (χ1n) is 4.40. The second-order valence-corrected chi connectivity index (χ2v) is 2.81. The van der Waals surface area contributed by atoms with Gasteiger partial charge in [-0.25, -0.2) is 0 Å². The number of rotatable bonds is 6. The summed E-state index contributed by atoms with van der Waals surface area (Å²) in [5, 5.41) is 3.03. The van der Waals surface area contributed by atoms with Crippen molar-refractivity contribution >= 4 is 13.2 Å². The molecule has 4 heteroatoms. The number of nitrogens with zero attached hydrogens (tertiary/aromatic N) is 1. The van der Waals surface area contributed by atoms with E-state index in [-0.39, 0.29) is 5.91 Å². The molecule has 1 N–H and O–H groups in total. The molecule has 0 atom stereocenters. The van der Waals surface area contributed by atoms with E-state index in [1.54, 1.807) is 6.92 Å². The van der Waals surface area contributed by atoms with Crippen LogP contribution in [0, 0.1) is 0 Å². The SMILES string of the molecule is C[B]CCN(CCNC)C(C)=O. The van der Waals surface area contributed by atoms with Gasteiger partial charge in [-0.05, 0) is 7.05 Å². The first-order valence-corrected chi connectivity index (χ1v) is 4.40. The lowest BCUT2D eigenvalue weighted by Crippen LogP contribution is -2.35. The number of carbonyl (C=O) groups excluding carboxylic acids is 1. The molecule has 0 unspecified atom stereocenters. The van der Waals surface area contributed by atoms with Crippen molar-refractivity contribution in [3.05, 3.63) is 0 Å². The third kappa shape index (κ3) is 5.19. The van der Waals surface area contributed by atoms with Gasteiger partial charge in [0, 0.05) is 26.6 Å². The van der Waals surface area contributed by atoms with Gasteiger partial charge in [0.25, 0.3) is 0 Å². The maximum atomic E-state index is 11.0. The molecule has 0 aliphatic heterocycles. The Hall–Kier alpha value is -0.505. The maximum absolute atomic E-state index is 11.0. The topological polar surface area (TPSA) is 32.3 Å². The Kier molecular flexibility index (Phi) is 6.86. The van der Waals surface area contributed by atoms with Crippen molar-refractivity contribution in [3.63, 3.8) is 0 Å². The lowest BCUT2D eigenvalue weighted by Gasteiger charge is -2.20. The minimum atomic E-state index is 0.159. The number of hydrogen-bond donors (Lipinski definition) is 1. The quantitative estimate of drug-likeness (QED) is 0.577. The predicted molar refractivity (Wildman–Crippen MR) is 52.6 cm³/mol. The Bertz CT molecular complexity index is 122. The van der Waals surface area contributed by atoms with E-state index in [0.717, 1.165) is 26.0 Å². The Labute approximate surface area is 75.8 Å². The van der Waals surface area contributed by atoms with Gasteiger partial charge in [-0.15, -0.1) is 0 Å². The fraction of sp³-hybridized carbons (Fsp3) is 0.875. The van der Waals surface area contributed by atoms with E-state index in [1.165, 1.54) is 0 Å². The summed E-state index contributed by atoms with van der Waals surface area (Å²) in [5.74, 6) is 0.159. The predicted octanol–water partition coefficient (Wildman–Crippen LogP) is 0.225. The second kappa shape index (κ2) is 7.16. The van der Waals surface area contributed by atoms with Crippen molar-refractivity contribution in [1.29, 1.82) is 0 Å². The molecule has 0 aliphatic rings. The van der Waals surface area contributed by atoms with Crippen molar-refractivity contribution in [2.24, 2.45) is 0 Å². The lowest BCUT2D eigenvalue weighted by atomic mass is 9.78. The molecule has 0 aromatic carbocycles. The molecule has 0 spiro atoms. The number of hydrogen-bond acceptors (Lipinski definition) is 2. The van der Waals surface area contributed by atoms with Gasteiger partial charge in [-0.1, -0.05) is 13.1 Å². The fourth-order valence-corrected chi connectivity index (χ4v) is 0.958. The molecule has 69 valence electrons. The zero-order chi connectivity index (χ0) is 9.40. The molecule has 0 aromatic heterocycles. The molecule has 0 rings (SSSR count). The van der Waals surface area contributed by atoms with Gasteiger partial charge in [0.1, 0.15) is 7.28 Å². The summed E-state index contributed by atoms with van der Waals surface area (Å²) in [5.41, 5.74) is 0. The highest BCUT2D eigenvalue weighted by Gasteiger charge is 2.05. The Morgan fingerprint density at radius 3 is 2.58 bits per heavy atom. The Morgan fingerprint density at radius 2 is 2.17 bits per heavy atom. The van der Waals surface area contributed by atoms with Crippen molar-refractivity contribution < 1.29 is 4.79 Å². The van der Waals surface area contributed by atoms with Crippen LogP contribution in [-0.2, 0) is 4.79 Å². The van der Waals surface area contributed by atoms with Crippen molar-refractivity contribution in [1.82, 2.24) is 10.2 Å². The summed E-state index contributed by atoms with van der Waals surface area (Å²) in [6.07, 6.45) is 0.975. The lowest BCUT2D eigenvalue weighted by molar-refractivity contribution is -0.128. The average Bonchev–Trinajstić information content (AvgIpc) is 2.04. The first kappa shape index (κ1) is 11.5. The largest absolute Gasteiger partial charge is 0.342 e. The van der Waals surface area contributed by atoms with Gasteiger partial charge in [0.05, 0.1) is 0 Å². The summed E-state index contributed by atoms with van der Waals surface area (Å²) >= 11 is 0. The average molecular weight is 169 g/mol. The van der Waals surface area contributed by atoms with Crippen LogP contribution < -0.4 is 5.32 Å². The number of likely N-dealkylation sites (N-methyl/N-ethyl adjacent to an activating group) is 1. The molecule has 0 aromatic rings. The van der Waals surface area contributed by atoms with E-state index in [9.17, 15) is 4.79 Å². The van der Waals surface area contributed by atoms with Crippen LogP contribution in [0.15, 0.2) is 0 Å². The Morgan fingerprint density at radius 1 is 1.50 bits per heavy atom. The number of carbonyl (C=O) groups is 1. The standard InChI is InChI=1S/C8H18BN2O/c1-8(12)11(6-4-9-2)7-5-10-3/h10H,4-7H2,1-3H3. The molecule has 0 bridgehead atoms. The van der Waals surface area contributed by atoms with E-state index in [1.807, 2.05) is 18.8 Å². The van der Waals surface area contributed by atoms with E-state index in [0.29, 0.717) is 0 Å². The molecule has 1 radical (unpaired) electrons. The molecule has 12 heavy (non-hydrogen) atoms. The van der Waals surface area contributed by atoms with Crippen molar-refractivity contribution in [2.45, 2.75) is 20.1 Å². The fourth-order valence-electron chi connectivity index (χ4n) is 0.958. The highest BCUT2D eigenvalue weighted by Crippen LogP contribution is 1.91. The van der Waals surface area contributed by atoms with Crippen LogP contribution in [0.5, 0.6) is 0 Å². The summed E-state index contributed by atoms with van der Waals surface area (Å²) < 4.78 is 0. The van der Waals surface area contributed by atoms with Gasteiger partial charge < -0.3 is 10.2 Å². The smallest absolute Gasteiger partial charge is 0.219 e. The monoisotopic (exact) mass is 169 g/mol. The molecule has 0 fully saturated rings. The zero-order valence-electron chi connectivity index (χ0n) is 8.26. The number of amides is 1.